The van der Waals surface area contributed by atoms with E-state index in [4.69, 9.17) is 5.73 Å². The lowest BCUT2D eigenvalue weighted by Gasteiger charge is -2.39. The number of piperazine rings is 1. The second kappa shape index (κ2) is 8.19. The third-order valence-corrected chi connectivity index (χ3v) is 5.66. The maximum atomic E-state index is 11.5. The number of sulfone groups is 1. The van der Waals surface area contributed by atoms with Gasteiger partial charge in [0.25, 0.3) is 0 Å². The summed E-state index contributed by atoms with van der Waals surface area (Å²) >= 11 is 0. The van der Waals surface area contributed by atoms with Gasteiger partial charge in [-0.1, -0.05) is 20.3 Å². The standard InChI is InChI=1S/C13H29N3O2S/c1-3-5-13(12-14)16-8-6-15(7-9-16)10-11-19(17,18)4-2/h13H,3-12,14H2,1-2H3. The molecule has 0 bridgehead atoms. The third-order valence-electron chi connectivity index (χ3n) is 3.98. The Hall–Kier alpha value is -0.170. The van der Waals surface area contributed by atoms with Crippen LogP contribution in [-0.2, 0) is 9.84 Å². The number of rotatable bonds is 8. The summed E-state index contributed by atoms with van der Waals surface area (Å²) < 4.78 is 23.0. The van der Waals surface area contributed by atoms with Crippen molar-refractivity contribution in [1.82, 2.24) is 9.80 Å². The molecule has 0 saturated carbocycles. The molecule has 1 unspecified atom stereocenters. The summed E-state index contributed by atoms with van der Waals surface area (Å²) in [5.41, 5.74) is 5.82. The molecule has 1 aliphatic heterocycles. The minimum absolute atomic E-state index is 0.249. The first-order valence-electron chi connectivity index (χ1n) is 7.39. The van der Waals surface area contributed by atoms with Gasteiger partial charge in [-0.05, 0) is 6.42 Å². The van der Waals surface area contributed by atoms with Crippen LogP contribution in [0.3, 0.4) is 0 Å². The predicted octanol–water partition coefficient (Wildman–Crippen LogP) is 0.166. The molecule has 6 heteroatoms. The fraction of sp³-hybridized carbons (Fsp3) is 1.00. The molecule has 1 atom stereocenters. The van der Waals surface area contributed by atoms with Crippen LogP contribution < -0.4 is 5.73 Å². The van der Waals surface area contributed by atoms with E-state index in [2.05, 4.69) is 16.7 Å². The topological polar surface area (TPSA) is 66.6 Å². The van der Waals surface area contributed by atoms with Crippen LogP contribution in [0.2, 0.25) is 0 Å². The van der Waals surface area contributed by atoms with E-state index in [1.54, 1.807) is 6.92 Å². The van der Waals surface area contributed by atoms with Gasteiger partial charge in [-0.3, -0.25) is 9.80 Å². The molecule has 19 heavy (non-hydrogen) atoms. The molecule has 5 nitrogen and oxygen atoms in total. The van der Waals surface area contributed by atoms with Crippen LogP contribution in [0.15, 0.2) is 0 Å². The second-order valence-electron chi connectivity index (χ2n) is 5.29. The quantitative estimate of drug-likeness (QED) is 0.690. The van der Waals surface area contributed by atoms with Gasteiger partial charge in [-0.25, -0.2) is 8.42 Å². The lowest BCUT2D eigenvalue weighted by atomic mass is 10.1. The van der Waals surface area contributed by atoms with Crippen LogP contribution in [0.25, 0.3) is 0 Å². The Balaban J connectivity index is 2.32. The fourth-order valence-electron chi connectivity index (χ4n) is 2.55. The molecule has 2 N–H and O–H groups in total. The van der Waals surface area contributed by atoms with E-state index in [0.717, 1.165) is 45.6 Å². The van der Waals surface area contributed by atoms with Crippen molar-refractivity contribution in [1.29, 1.82) is 0 Å². The summed E-state index contributed by atoms with van der Waals surface area (Å²) in [6.45, 7) is 9.22. The van der Waals surface area contributed by atoms with Gasteiger partial charge in [0.05, 0.1) is 5.75 Å². The first-order valence-corrected chi connectivity index (χ1v) is 9.21. The van der Waals surface area contributed by atoms with Gasteiger partial charge in [0.1, 0.15) is 0 Å². The second-order valence-corrected chi connectivity index (χ2v) is 7.76. The highest BCUT2D eigenvalue weighted by Gasteiger charge is 2.23. The summed E-state index contributed by atoms with van der Waals surface area (Å²) in [4.78, 5) is 4.71. The molecule has 1 heterocycles. The van der Waals surface area contributed by atoms with Crippen molar-refractivity contribution < 1.29 is 8.42 Å². The zero-order valence-electron chi connectivity index (χ0n) is 12.3. The van der Waals surface area contributed by atoms with Gasteiger partial charge in [0.15, 0.2) is 9.84 Å². The minimum atomic E-state index is -2.84. The van der Waals surface area contributed by atoms with Crippen LogP contribution in [0, 0.1) is 0 Å². The largest absolute Gasteiger partial charge is 0.329 e. The average molecular weight is 291 g/mol. The summed E-state index contributed by atoms with van der Waals surface area (Å²) in [6, 6.07) is 0.492. The molecule has 0 amide bonds. The monoisotopic (exact) mass is 291 g/mol. The highest BCUT2D eigenvalue weighted by molar-refractivity contribution is 7.91. The third kappa shape index (κ3) is 5.77. The van der Waals surface area contributed by atoms with E-state index in [1.807, 2.05) is 0 Å². The fourth-order valence-corrected chi connectivity index (χ4v) is 3.37. The van der Waals surface area contributed by atoms with Gasteiger partial charge < -0.3 is 5.73 Å². The first kappa shape index (κ1) is 16.9. The van der Waals surface area contributed by atoms with Crippen molar-refractivity contribution in [2.75, 3.05) is 50.8 Å². The molecule has 1 fully saturated rings. The molecule has 0 aromatic carbocycles. The Morgan fingerprint density at radius 3 is 2.26 bits per heavy atom. The van der Waals surface area contributed by atoms with E-state index < -0.39 is 9.84 Å². The minimum Gasteiger partial charge on any atom is -0.329 e. The van der Waals surface area contributed by atoms with Crippen molar-refractivity contribution in [3.8, 4) is 0 Å². The molecule has 0 radical (unpaired) electrons. The van der Waals surface area contributed by atoms with Gasteiger partial charge in [-0.2, -0.15) is 0 Å². The van der Waals surface area contributed by atoms with Gasteiger partial charge >= 0.3 is 0 Å². The molecule has 1 rings (SSSR count). The van der Waals surface area contributed by atoms with E-state index in [9.17, 15) is 8.42 Å². The molecular weight excluding hydrogens is 262 g/mol. The number of nitrogens with zero attached hydrogens (tertiary/aromatic N) is 2. The van der Waals surface area contributed by atoms with Gasteiger partial charge in [0.2, 0.25) is 0 Å². The van der Waals surface area contributed by atoms with Crippen LogP contribution >= 0.6 is 0 Å². The molecule has 0 aromatic rings. The Labute approximate surface area is 118 Å². The lowest BCUT2D eigenvalue weighted by Crippen LogP contribution is -2.52. The predicted molar refractivity (Wildman–Crippen MR) is 80.1 cm³/mol. The average Bonchev–Trinajstić information content (AvgIpc) is 2.43. The maximum Gasteiger partial charge on any atom is 0.151 e. The van der Waals surface area contributed by atoms with Crippen molar-refractivity contribution in [2.24, 2.45) is 5.73 Å². The number of hydrogen-bond acceptors (Lipinski definition) is 5. The summed E-state index contributed by atoms with van der Waals surface area (Å²) in [5, 5.41) is 0. The smallest absolute Gasteiger partial charge is 0.151 e. The molecule has 1 aliphatic rings. The van der Waals surface area contributed by atoms with Gasteiger partial charge in [-0.15, -0.1) is 0 Å². The molecule has 114 valence electrons. The normalized spacial score (nSPS) is 20.6. The van der Waals surface area contributed by atoms with Crippen molar-refractivity contribution in [3.05, 3.63) is 0 Å². The first-order chi connectivity index (χ1) is 9.02. The van der Waals surface area contributed by atoms with Crippen LogP contribution in [-0.4, -0.2) is 75.0 Å². The number of nitrogens with two attached hydrogens (primary N) is 1. The molecule has 0 aromatic heterocycles. The molecular formula is C13H29N3O2S. The van der Waals surface area contributed by atoms with Crippen LogP contribution in [0.5, 0.6) is 0 Å². The number of hydrogen-bond donors (Lipinski definition) is 1. The van der Waals surface area contributed by atoms with Crippen LogP contribution in [0.1, 0.15) is 26.7 Å². The lowest BCUT2D eigenvalue weighted by molar-refractivity contribution is 0.0982. The zero-order chi connectivity index (χ0) is 14.3. The van der Waals surface area contributed by atoms with E-state index in [-0.39, 0.29) is 5.75 Å². The van der Waals surface area contributed by atoms with Crippen molar-refractivity contribution >= 4 is 9.84 Å². The van der Waals surface area contributed by atoms with Crippen molar-refractivity contribution in [2.45, 2.75) is 32.7 Å². The van der Waals surface area contributed by atoms with E-state index in [1.165, 1.54) is 0 Å². The maximum absolute atomic E-state index is 11.5. The molecule has 0 spiro atoms. The van der Waals surface area contributed by atoms with Gasteiger partial charge in [0, 0.05) is 51.1 Å². The van der Waals surface area contributed by atoms with E-state index in [0.29, 0.717) is 18.3 Å². The Bertz CT molecular complexity index is 338. The Kier molecular flexibility index (Phi) is 7.28. The Morgan fingerprint density at radius 1 is 1.16 bits per heavy atom. The molecule has 0 aliphatic carbocycles. The van der Waals surface area contributed by atoms with Crippen LogP contribution in [0.4, 0.5) is 0 Å². The molecule has 1 saturated heterocycles. The highest BCUT2D eigenvalue weighted by atomic mass is 32.2. The highest BCUT2D eigenvalue weighted by Crippen LogP contribution is 2.10. The van der Waals surface area contributed by atoms with Crippen molar-refractivity contribution in [3.63, 3.8) is 0 Å². The summed E-state index contributed by atoms with van der Waals surface area (Å²) in [6.07, 6.45) is 2.32. The SMILES string of the molecule is CCCC(CN)N1CCN(CCS(=O)(=O)CC)CC1. The summed E-state index contributed by atoms with van der Waals surface area (Å²) in [5.74, 6) is 0.539. The van der Waals surface area contributed by atoms with E-state index >= 15 is 0 Å². The zero-order valence-corrected chi connectivity index (χ0v) is 13.2. The summed E-state index contributed by atoms with van der Waals surface area (Å²) in [7, 11) is -2.84. The Morgan fingerprint density at radius 2 is 1.79 bits per heavy atom.